The molecule has 0 aliphatic heterocycles. The van der Waals surface area contributed by atoms with Gasteiger partial charge in [0, 0.05) is 11.4 Å². The maximum absolute atomic E-state index is 13.8. The van der Waals surface area contributed by atoms with Crippen molar-refractivity contribution in [2.24, 2.45) is 0 Å². The van der Waals surface area contributed by atoms with E-state index in [2.05, 4.69) is 23.6 Å². The topological polar surface area (TPSA) is 41.1 Å². The lowest BCUT2D eigenvalue weighted by Crippen LogP contribution is -2.24. The van der Waals surface area contributed by atoms with Crippen molar-refractivity contribution in [2.75, 3.05) is 11.9 Å². The predicted octanol–water partition coefficient (Wildman–Crippen LogP) is 3.81. The van der Waals surface area contributed by atoms with E-state index in [1.165, 1.54) is 11.6 Å². The molecule has 0 unspecified atom stereocenters. The van der Waals surface area contributed by atoms with Crippen LogP contribution in [0.1, 0.15) is 34.6 Å². The van der Waals surface area contributed by atoms with E-state index >= 15 is 0 Å². The van der Waals surface area contributed by atoms with Crippen LogP contribution in [0, 0.1) is 5.82 Å². The van der Waals surface area contributed by atoms with Gasteiger partial charge in [-0.05, 0) is 42.5 Å². The smallest absolute Gasteiger partial charge is 0.253 e. The van der Waals surface area contributed by atoms with E-state index in [0.717, 1.165) is 11.3 Å². The summed E-state index contributed by atoms with van der Waals surface area (Å²) >= 11 is 1.62. The molecule has 0 aliphatic carbocycles. The summed E-state index contributed by atoms with van der Waals surface area (Å²) in [6.07, 6.45) is 0.942. The second kappa shape index (κ2) is 7.22. The van der Waals surface area contributed by atoms with Crippen LogP contribution in [0.2, 0.25) is 0 Å². The maximum atomic E-state index is 13.8. The number of carbonyl (C=O) groups excluding carboxylic acids is 1. The Hall–Kier alpha value is -1.88. The molecule has 1 aromatic carbocycles. The quantitative estimate of drug-likeness (QED) is 0.852. The van der Waals surface area contributed by atoms with E-state index < -0.39 is 5.82 Å². The van der Waals surface area contributed by atoms with Crippen LogP contribution in [-0.2, 0) is 13.0 Å². The summed E-state index contributed by atoms with van der Waals surface area (Å²) in [5.74, 6) is -0.671. The second-order valence-electron chi connectivity index (χ2n) is 4.60. The molecule has 1 aromatic heterocycles. The van der Waals surface area contributed by atoms with Crippen LogP contribution in [0.3, 0.4) is 0 Å². The van der Waals surface area contributed by atoms with Gasteiger partial charge in [-0.2, -0.15) is 0 Å². The van der Waals surface area contributed by atoms with E-state index in [4.69, 9.17) is 0 Å². The number of hydrogen-bond donors (Lipinski definition) is 2. The van der Waals surface area contributed by atoms with E-state index in [1.807, 2.05) is 12.3 Å². The van der Waals surface area contributed by atoms with Gasteiger partial charge in [0.15, 0.2) is 0 Å². The van der Waals surface area contributed by atoms with Gasteiger partial charge >= 0.3 is 0 Å². The van der Waals surface area contributed by atoms with Crippen LogP contribution < -0.4 is 10.6 Å². The number of para-hydroxylation sites is 1. The number of rotatable bonds is 6. The lowest BCUT2D eigenvalue weighted by atomic mass is 10.1. The molecule has 21 heavy (non-hydrogen) atoms. The molecule has 3 nitrogen and oxygen atoms in total. The first-order valence-corrected chi connectivity index (χ1v) is 7.91. The SMILES string of the molecule is CCNc1c(F)cccc1C(=O)NCc1sccc1CC. The van der Waals surface area contributed by atoms with Gasteiger partial charge < -0.3 is 10.6 Å². The fraction of sp³-hybridized carbons (Fsp3) is 0.312. The van der Waals surface area contributed by atoms with Gasteiger partial charge in [-0.15, -0.1) is 11.3 Å². The Kier molecular flexibility index (Phi) is 5.33. The summed E-state index contributed by atoms with van der Waals surface area (Å²) in [5.41, 5.74) is 1.84. The summed E-state index contributed by atoms with van der Waals surface area (Å²) in [4.78, 5) is 13.4. The molecule has 0 atom stereocenters. The average Bonchev–Trinajstić information content (AvgIpc) is 2.94. The van der Waals surface area contributed by atoms with Gasteiger partial charge in [0.25, 0.3) is 5.91 Å². The molecule has 112 valence electrons. The van der Waals surface area contributed by atoms with Gasteiger partial charge in [0.05, 0.1) is 17.8 Å². The van der Waals surface area contributed by atoms with Crippen LogP contribution >= 0.6 is 11.3 Å². The lowest BCUT2D eigenvalue weighted by Gasteiger charge is -2.12. The molecule has 0 saturated heterocycles. The number of hydrogen-bond acceptors (Lipinski definition) is 3. The Morgan fingerprint density at radius 3 is 2.81 bits per heavy atom. The van der Waals surface area contributed by atoms with Gasteiger partial charge in [0.2, 0.25) is 0 Å². The summed E-state index contributed by atoms with van der Waals surface area (Å²) in [6.45, 7) is 4.99. The second-order valence-corrected chi connectivity index (χ2v) is 5.60. The largest absolute Gasteiger partial charge is 0.382 e. The van der Waals surface area contributed by atoms with E-state index in [-0.39, 0.29) is 11.6 Å². The zero-order valence-corrected chi connectivity index (χ0v) is 13.0. The molecule has 0 radical (unpaired) electrons. The Balaban J connectivity index is 2.12. The monoisotopic (exact) mass is 306 g/mol. The Morgan fingerprint density at radius 1 is 1.29 bits per heavy atom. The van der Waals surface area contributed by atoms with Crippen molar-refractivity contribution < 1.29 is 9.18 Å². The Morgan fingerprint density at radius 2 is 2.10 bits per heavy atom. The Bertz CT molecular complexity index is 624. The fourth-order valence-corrected chi connectivity index (χ4v) is 3.08. The zero-order valence-electron chi connectivity index (χ0n) is 12.2. The fourth-order valence-electron chi connectivity index (χ4n) is 2.16. The van der Waals surface area contributed by atoms with Gasteiger partial charge in [-0.25, -0.2) is 4.39 Å². The highest BCUT2D eigenvalue weighted by Gasteiger charge is 2.15. The number of carbonyl (C=O) groups is 1. The number of anilines is 1. The molecule has 0 spiro atoms. The molecule has 2 rings (SSSR count). The molecule has 2 N–H and O–H groups in total. The van der Waals surface area contributed by atoms with Crippen molar-refractivity contribution in [3.8, 4) is 0 Å². The van der Waals surface area contributed by atoms with Crippen molar-refractivity contribution >= 4 is 22.9 Å². The first-order chi connectivity index (χ1) is 10.2. The van der Waals surface area contributed by atoms with Crippen molar-refractivity contribution in [2.45, 2.75) is 26.8 Å². The molecule has 0 aliphatic rings. The molecule has 0 saturated carbocycles. The van der Waals surface area contributed by atoms with E-state index in [0.29, 0.717) is 18.7 Å². The van der Waals surface area contributed by atoms with Crippen LogP contribution in [-0.4, -0.2) is 12.5 Å². The molecule has 1 amide bonds. The van der Waals surface area contributed by atoms with E-state index in [1.54, 1.807) is 23.5 Å². The Labute approximate surface area is 128 Å². The van der Waals surface area contributed by atoms with Crippen LogP contribution in [0.4, 0.5) is 10.1 Å². The number of amides is 1. The average molecular weight is 306 g/mol. The van der Waals surface area contributed by atoms with Crippen molar-refractivity contribution in [1.29, 1.82) is 0 Å². The molecular formula is C16H19FN2OS. The predicted molar refractivity (Wildman–Crippen MR) is 85.4 cm³/mol. The normalized spacial score (nSPS) is 10.4. The minimum absolute atomic E-state index is 0.263. The minimum atomic E-state index is -0.408. The molecule has 2 aromatic rings. The standard InChI is InChI=1S/C16H19FN2OS/c1-3-11-8-9-21-14(11)10-19-16(20)12-6-5-7-13(17)15(12)18-4-2/h5-9,18H,3-4,10H2,1-2H3,(H,19,20). The summed E-state index contributed by atoms with van der Waals surface area (Å²) in [7, 11) is 0. The third kappa shape index (κ3) is 3.61. The van der Waals surface area contributed by atoms with Crippen LogP contribution in [0.25, 0.3) is 0 Å². The highest BCUT2D eigenvalue weighted by Crippen LogP contribution is 2.21. The lowest BCUT2D eigenvalue weighted by molar-refractivity contribution is 0.0951. The first-order valence-electron chi connectivity index (χ1n) is 7.03. The third-order valence-corrected chi connectivity index (χ3v) is 4.20. The van der Waals surface area contributed by atoms with Crippen molar-refractivity contribution in [3.05, 3.63) is 51.5 Å². The molecule has 1 heterocycles. The first kappa shape index (κ1) is 15.5. The summed E-state index contributed by atoms with van der Waals surface area (Å²) in [6, 6.07) is 6.60. The van der Waals surface area contributed by atoms with Gasteiger partial charge in [0.1, 0.15) is 5.82 Å². The molecule has 0 bridgehead atoms. The molecular weight excluding hydrogens is 287 g/mol. The summed E-state index contributed by atoms with van der Waals surface area (Å²) in [5, 5.41) is 7.80. The molecule has 5 heteroatoms. The van der Waals surface area contributed by atoms with Gasteiger partial charge in [-0.3, -0.25) is 4.79 Å². The molecule has 0 fully saturated rings. The van der Waals surface area contributed by atoms with Crippen molar-refractivity contribution in [3.63, 3.8) is 0 Å². The third-order valence-electron chi connectivity index (χ3n) is 3.24. The van der Waals surface area contributed by atoms with E-state index in [9.17, 15) is 9.18 Å². The van der Waals surface area contributed by atoms with Crippen molar-refractivity contribution in [1.82, 2.24) is 5.32 Å². The number of nitrogens with one attached hydrogen (secondary N) is 2. The van der Waals surface area contributed by atoms with Crippen LogP contribution in [0.15, 0.2) is 29.6 Å². The minimum Gasteiger partial charge on any atom is -0.382 e. The number of thiophene rings is 1. The number of halogens is 1. The highest BCUT2D eigenvalue weighted by molar-refractivity contribution is 7.10. The summed E-state index contributed by atoms with van der Waals surface area (Å²) < 4.78 is 13.8. The van der Waals surface area contributed by atoms with Gasteiger partial charge in [-0.1, -0.05) is 13.0 Å². The number of aryl methyl sites for hydroxylation is 1. The highest BCUT2D eigenvalue weighted by atomic mass is 32.1. The zero-order chi connectivity index (χ0) is 15.2. The maximum Gasteiger partial charge on any atom is 0.253 e. The van der Waals surface area contributed by atoms with Crippen LogP contribution in [0.5, 0.6) is 0 Å². The number of benzene rings is 1.